The molecule has 0 aromatic carbocycles. The number of hydrogen-bond acceptors (Lipinski definition) is 3. The first-order chi connectivity index (χ1) is 8.24. The monoisotopic (exact) mass is 239 g/mol. The molecule has 2 unspecified atom stereocenters. The Morgan fingerprint density at radius 2 is 2.41 bits per heavy atom. The lowest BCUT2D eigenvalue weighted by atomic mass is 9.91. The van der Waals surface area contributed by atoms with E-state index in [1.165, 1.54) is 0 Å². The number of rotatable bonds is 4. The molecule has 2 N–H and O–H groups in total. The second-order valence-corrected chi connectivity index (χ2v) is 4.83. The smallest absolute Gasteiger partial charge is 0.236 e. The zero-order valence-corrected chi connectivity index (χ0v) is 10.4. The number of piperidine rings is 1. The molecule has 5 heteroatoms. The van der Waals surface area contributed by atoms with Crippen molar-refractivity contribution in [3.05, 3.63) is 0 Å². The van der Waals surface area contributed by atoms with E-state index in [2.05, 4.69) is 17.6 Å². The first-order valence-corrected chi connectivity index (χ1v) is 6.52. The Balaban J connectivity index is 1.91. The summed E-state index contributed by atoms with van der Waals surface area (Å²) in [4.78, 5) is 25.5. The molecule has 2 heterocycles. The highest BCUT2D eigenvalue weighted by Gasteiger charge is 2.42. The summed E-state index contributed by atoms with van der Waals surface area (Å²) in [6.07, 6.45) is 2.89. The van der Waals surface area contributed by atoms with Crippen molar-refractivity contribution in [1.29, 1.82) is 0 Å². The molecule has 2 aliphatic rings. The lowest BCUT2D eigenvalue weighted by Crippen LogP contribution is -2.51. The predicted octanol–water partition coefficient (Wildman–Crippen LogP) is -0.277. The van der Waals surface area contributed by atoms with Gasteiger partial charge in [-0.05, 0) is 25.8 Å². The first-order valence-electron chi connectivity index (χ1n) is 6.52. The van der Waals surface area contributed by atoms with Gasteiger partial charge >= 0.3 is 0 Å². The SMILES string of the molecule is CCCNCC(=O)N1CCCC2C(=O)NCC21. The zero-order chi connectivity index (χ0) is 12.3. The average Bonchev–Trinajstić information content (AvgIpc) is 2.71. The maximum absolute atomic E-state index is 12.0. The van der Waals surface area contributed by atoms with Gasteiger partial charge in [0.05, 0.1) is 18.5 Å². The van der Waals surface area contributed by atoms with Crippen LogP contribution in [0.4, 0.5) is 0 Å². The van der Waals surface area contributed by atoms with Gasteiger partial charge in [-0.3, -0.25) is 9.59 Å². The van der Waals surface area contributed by atoms with E-state index < -0.39 is 0 Å². The molecule has 96 valence electrons. The fourth-order valence-electron chi connectivity index (χ4n) is 2.73. The van der Waals surface area contributed by atoms with Crippen LogP contribution in [0.1, 0.15) is 26.2 Å². The molecule has 2 aliphatic heterocycles. The Kier molecular flexibility index (Phi) is 3.99. The van der Waals surface area contributed by atoms with Gasteiger partial charge in [0.15, 0.2) is 0 Å². The third kappa shape index (κ3) is 2.60. The standard InChI is InChI=1S/C12H21N3O2/c1-2-5-13-8-11(16)15-6-3-4-9-10(15)7-14-12(9)17/h9-10,13H,2-8H2,1H3,(H,14,17). The van der Waals surface area contributed by atoms with Gasteiger partial charge in [-0.25, -0.2) is 0 Å². The molecule has 2 amide bonds. The Labute approximate surface area is 102 Å². The number of likely N-dealkylation sites (tertiary alicyclic amines) is 1. The minimum Gasteiger partial charge on any atom is -0.354 e. The van der Waals surface area contributed by atoms with Crippen molar-refractivity contribution in [2.45, 2.75) is 32.2 Å². The molecule has 2 fully saturated rings. The topological polar surface area (TPSA) is 61.4 Å². The van der Waals surface area contributed by atoms with Gasteiger partial charge in [0.2, 0.25) is 11.8 Å². The average molecular weight is 239 g/mol. The van der Waals surface area contributed by atoms with Gasteiger partial charge in [0, 0.05) is 13.1 Å². The van der Waals surface area contributed by atoms with E-state index in [0.29, 0.717) is 13.1 Å². The third-order valence-electron chi connectivity index (χ3n) is 3.62. The van der Waals surface area contributed by atoms with Crippen LogP contribution in [-0.4, -0.2) is 48.9 Å². The maximum atomic E-state index is 12.0. The zero-order valence-electron chi connectivity index (χ0n) is 10.4. The molecular formula is C12H21N3O2. The van der Waals surface area contributed by atoms with Gasteiger partial charge in [0.25, 0.3) is 0 Å². The first kappa shape index (κ1) is 12.4. The Morgan fingerprint density at radius 1 is 1.59 bits per heavy atom. The summed E-state index contributed by atoms with van der Waals surface area (Å²) in [5.41, 5.74) is 0. The number of amides is 2. The predicted molar refractivity (Wildman–Crippen MR) is 64.4 cm³/mol. The van der Waals surface area contributed by atoms with Crippen molar-refractivity contribution >= 4 is 11.8 Å². The van der Waals surface area contributed by atoms with Gasteiger partial charge < -0.3 is 15.5 Å². The minimum atomic E-state index is 0.0267. The van der Waals surface area contributed by atoms with Crippen LogP contribution >= 0.6 is 0 Å². The van der Waals surface area contributed by atoms with Crippen LogP contribution in [0, 0.1) is 5.92 Å². The van der Waals surface area contributed by atoms with Crippen molar-refractivity contribution in [2.24, 2.45) is 5.92 Å². The largest absolute Gasteiger partial charge is 0.354 e. The van der Waals surface area contributed by atoms with Crippen molar-refractivity contribution in [3.8, 4) is 0 Å². The van der Waals surface area contributed by atoms with Crippen LogP contribution in [0.5, 0.6) is 0 Å². The quantitative estimate of drug-likeness (QED) is 0.664. The van der Waals surface area contributed by atoms with Gasteiger partial charge in [-0.15, -0.1) is 0 Å². The molecule has 0 saturated carbocycles. The molecule has 2 atom stereocenters. The molecule has 2 saturated heterocycles. The minimum absolute atomic E-state index is 0.0267. The van der Waals surface area contributed by atoms with Gasteiger partial charge in [0.1, 0.15) is 0 Å². The maximum Gasteiger partial charge on any atom is 0.236 e. The highest BCUT2D eigenvalue weighted by molar-refractivity contribution is 5.85. The summed E-state index contributed by atoms with van der Waals surface area (Å²) < 4.78 is 0. The van der Waals surface area contributed by atoms with E-state index in [-0.39, 0.29) is 23.8 Å². The Morgan fingerprint density at radius 3 is 3.18 bits per heavy atom. The number of nitrogens with zero attached hydrogens (tertiary/aromatic N) is 1. The highest BCUT2D eigenvalue weighted by Crippen LogP contribution is 2.27. The Hall–Kier alpha value is -1.10. The molecule has 0 aromatic rings. The summed E-state index contributed by atoms with van der Waals surface area (Å²) in [5, 5.41) is 5.99. The molecule has 0 spiro atoms. The Bertz CT molecular complexity index is 306. The fourth-order valence-corrected chi connectivity index (χ4v) is 2.73. The molecule has 0 aromatic heterocycles. The van der Waals surface area contributed by atoms with Gasteiger partial charge in [-0.1, -0.05) is 6.92 Å². The van der Waals surface area contributed by atoms with Crippen LogP contribution in [0.2, 0.25) is 0 Å². The van der Waals surface area contributed by atoms with Crippen LogP contribution in [-0.2, 0) is 9.59 Å². The summed E-state index contributed by atoms with van der Waals surface area (Å²) >= 11 is 0. The van der Waals surface area contributed by atoms with E-state index in [9.17, 15) is 9.59 Å². The molecule has 2 rings (SSSR count). The van der Waals surface area contributed by atoms with Crippen molar-refractivity contribution in [1.82, 2.24) is 15.5 Å². The fraction of sp³-hybridized carbons (Fsp3) is 0.833. The van der Waals surface area contributed by atoms with Crippen molar-refractivity contribution in [2.75, 3.05) is 26.2 Å². The van der Waals surface area contributed by atoms with Crippen molar-refractivity contribution < 1.29 is 9.59 Å². The van der Waals surface area contributed by atoms with Crippen molar-refractivity contribution in [3.63, 3.8) is 0 Å². The van der Waals surface area contributed by atoms with E-state index in [4.69, 9.17) is 0 Å². The molecular weight excluding hydrogens is 218 g/mol. The second kappa shape index (κ2) is 5.49. The summed E-state index contributed by atoms with van der Waals surface area (Å²) in [6.45, 7) is 4.76. The van der Waals surface area contributed by atoms with E-state index in [1.807, 2.05) is 4.90 Å². The highest BCUT2D eigenvalue weighted by atomic mass is 16.2. The summed E-state index contributed by atoms with van der Waals surface area (Å²) in [6, 6.07) is 0.0900. The summed E-state index contributed by atoms with van der Waals surface area (Å²) in [5.74, 6) is 0.276. The van der Waals surface area contributed by atoms with Crippen LogP contribution < -0.4 is 10.6 Å². The molecule has 5 nitrogen and oxygen atoms in total. The van der Waals surface area contributed by atoms with E-state index in [0.717, 1.165) is 32.4 Å². The normalized spacial score (nSPS) is 27.8. The third-order valence-corrected chi connectivity index (χ3v) is 3.62. The molecule has 0 aliphatic carbocycles. The van der Waals surface area contributed by atoms with Crippen LogP contribution in [0.3, 0.4) is 0 Å². The van der Waals surface area contributed by atoms with Crippen LogP contribution in [0.25, 0.3) is 0 Å². The summed E-state index contributed by atoms with van der Waals surface area (Å²) in [7, 11) is 0. The van der Waals surface area contributed by atoms with E-state index in [1.54, 1.807) is 0 Å². The molecule has 17 heavy (non-hydrogen) atoms. The van der Waals surface area contributed by atoms with Crippen LogP contribution in [0.15, 0.2) is 0 Å². The number of nitrogens with one attached hydrogen (secondary N) is 2. The second-order valence-electron chi connectivity index (χ2n) is 4.83. The number of carbonyl (C=O) groups excluding carboxylic acids is 2. The molecule has 0 bridgehead atoms. The number of hydrogen-bond donors (Lipinski definition) is 2. The lowest BCUT2D eigenvalue weighted by molar-refractivity contribution is -0.135. The lowest BCUT2D eigenvalue weighted by Gasteiger charge is -2.36. The molecule has 0 radical (unpaired) electrons. The number of carbonyl (C=O) groups is 2. The van der Waals surface area contributed by atoms with Gasteiger partial charge in [-0.2, -0.15) is 0 Å². The number of fused-ring (bicyclic) bond motifs is 1. The van der Waals surface area contributed by atoms with E-state index >= 15 is 0 Å².